The summed E-state index contributed by atoms with van der Waals surface area (Å²) in [7, 11) is 0. The Morgan fingerprint density at radius 2 is 1.87 bits per heavy atom. The molecule has 126 valence electrons. The highest BCUT2D eigenvalue weighted by Crippen LogP contribution is 2.33. The van der Waals surface area contributed by atoms with E-state index in [2.05, 4.69) is 5.32 Å². The summed E-state index contributed by atoms with van der Waals surface area (Å²) in [4.78, 5) is 24.2. The number of hydrogen-bond donors (Lipinski definition) is 1. The van der Waals surface area contributed by atoms with Gasteiger partial charge in [-0.15, -0.1) is 0 Å². The number of amides is 1. The van der Waals surface area contributed by atoms with E-state index in [-0.39, 0.29) is 6.61 Å². The Labute approximate surface area is 137 Å². The van der Waals surface area contributed by atoms with Crippen LogP contribution in [0.3, 0.4) is 0 Å². The number of benzene rings is 1. The zero-order valence-electron chi connectivity index (χ0n) is 14.0. The molecule has 23 heavy (non-hydrogen) atoms. The Kier molecular flexibility index (Phi) is 5.64. The van der Waals surface area contributed by atoms with E-state index < -0.39 is 23.7 Å². The standard InChI is InChI=1S/C18H25NO4/c1-18(2,3)23-17(21)19-15(11-13-9-10-13)16(20)22-12-14-7-5-4-6-8-14/h4-8,13,15H,9-12H2,1-3H3,(H,19,21)/t15-/m0/s1. The molecule has 0 heterocycles. The Morgan fingerprint density at radius 3 is 2.43 bits per heavy atom. The first-order chi connectivity index (χ1) is 10.8. The van der Waals surface area contributed by atoms with Gasteiger partial charge in [-0.2, -0.15) is 0 Å². The lowest BCUT2D eigenvalue weighted by atomic mass is 10.1. The van der Waals surface area contributed by atoms with E-state index in [4.69, 9.17) is 9.47 Å². The molecule has 0 aliphatic heterocycles. The molecule has 1 aliphatic rings. The third-order valence-corrected chi connectivity index (χ3v) is 3.47. The minimum absolute atomic E-state index is 0.205. The second-order valence-electron chi connectivity index (χ2n) is 6.97. The molecule has 1 saturated carbocycles. The van der Waals surface area contributed by atoms with Gasteiger partial charge in [0.25, 0.3) is 0 Å². The monoisotopic (exact) mass is 319 g/mol. The molecule has 5 nitrogen and oxygen atoms in total. The Bertz CT molecular complexity index is 532. The molecule has 1 fully saturated rings. The van der Waals surface area contributed by atoms with Crippen LogP contribution in [-0.2, 0) is 20.9 Å². The Morgan fingerprint density at radius 1 is 1.22 bits per heavy atom. The topological polar surface area (TPSA) is 64.6 Å². The van der Waals surface area contributed by atoms with Crippen LogP contribution in [0.2, 0.25) is 0 Å². The minimum atomic E-state index is -0.652. The molecular formula is C18H25NO4. The predicted octanol–water partition coefficient (Wildman–Crippen LogP) is 3.42. The highest BCUT2D eigenvalue weighted by molar-refractivity contribution is 5.81. The maximum absolute atomic E-state index is 12.3. The molecule has 2 rings (SSSR count). The molecule has 1 aromatic rings. The first-order valence-electron chi connectivity index (χ1n) is 8.03. The summed E-state index contributed by atoms with van der Waals surface area (Å²) in [6.07, 6.45) is 2.21. The van der Waals surface area contributed by atoms with Crippen LogP contribution in [0.4, 0.5) is 4.79 Å². The van der Waals surface area contributed by atoms with Gasteiger partial charge in [0.15, 0.2) is 0 Å². The van der Waals surface area contributed by atoms with Gasteiger partial charge in [0.1, 0.15) is 18.2 Å². The Hall–Kier alpha value is -2.04. The van der Waals surface area contributed by atoms with Crippen molar-refractivity contribution < 1.29 is 19.1 Å². The summed E-state index contributed by atoms with van der Waals surface area (Å²) in [6.45, 7) is 5.57. The van der Waals surface area contributed by atoms with Crippen LogP contribution in [-0.4, -0.2) is 23.7 Å². The number of carbonyl (C=O) groups is 2. The number of ether oxygens (including phenoxy) is 2. The van der Waals surface area contributed by atoms with E-state index in [0.717, 1.165) is 18.4 Å². The van der Waals surface area contributed by atoms with Crippen molar-refractivity contribution in [2.75, 3.05) is 0 Å². The van der Waals surface area contributed by atoms with Crippen LogP contribution in [0.5, 0.6) is 0 Å². The maximum atomic E-state index is 12.3. The van der Waals surface area contributed by atoms with Crippen LogP contribution in [0.15, 0.2) is 30.3 Å². The number of hydrogen-bond acceptors (Lipinski definition) is 4. The van der Waals surface area contributed by atoms with Crippen molar-refractivity contribution in [1.82, 2.24) is 5.32 Å². The molecule has 0 bridgehead atoms. The molecular weight excluding hydrogens is 294 g/mol. The molecule has 0 radical (unpaired) electrons. The highest BCUT2D eigenvalue weighted by atomic mass is 16.6. The third-order valence-electron chi connectivity index (χ3n) is 3.47. The molecule has 1 amide bonds. The first-order valence-corrected chi connectivity index (χ1v) is 8.03. The zero-order chi connectivity index (χ0) is 16.9. The maximum Gasteiger partial charge on any atom is 0.408 e. The fourth-order valence-electron chi connectivity index (χ4n) is 2.18. The fourth-order valence-corrected chi connectivity index (χ4v) is 2.18. The average Bonchev–Trinajstić information content (AvgIpc) is 3.27. The quantitative estimate of drug-likeness (QED) is 0.816. The lowest BCUT2D eigenvalue weighted by Gasteiger charge is -2.23. The van der Waals surface area contributed by atoms with Crippen molar-refractivity contribution in [3.05, 3.63) is 35.9 Å². The second-order valence-corrected chi connectivity index (χ2v) is 6.97. The van der Waals surface area contributed by atoms with Gasteiger partial charge in [-0.1, -0.05) is 43.2 Å². The van der Waals surface area contributed by atoms with Crippen LogP contribution in [0.25, 0.3) is 0 Å². The molecule has 0 aromatic heterocycles. The van der Waals surface area contributed by atoms with Gasteiger partial charge in [-0.25, -0.2) is 9.59 Å². The summed E-state index contributed by atoms with van der Waals surface area (Å²) in [5, 5.41) is 2.65. The van der Waals surface area contributed by atoms with Crippen LogP contribution >= 0.6 is 0 Å². The third kappa shape index (κ3) is 6.72. The van der Waals surface area contributed by atoms with Crippen molar-refractivity contribution in [1.29, 1.82) is 0 Å². The van der Waals surface area contributed by atoms with E-state index in [1.165, 1.54) is 0 Å². The molecule has 0 saturated heterocycles. The number of carbonyl (C=O) groups excluding carboxylic acids is 2. The van der Waals surface area contributed by atoms with Crippen molar-refractivity contribution in [2.45, 2.75) is 58.3 Å². The highest BCUT2D eigenvalue weighted by Gasteiger charge is 2.32. The number of alkyl carbamates (subject to hydrolysis) is 1. The van der Waals surface area contributed by atoms with E-state index >= 15 is 0 Å². The van der Waals surface area contributed by atoms with Crippen LogP contribution < -0.4 is 5.32 Å². The van der Waals surface area contributed by atoms with Gasteiger partial charge in [-0.3, -0.25) is 0 Å². The van der Waals surface area contributed by atoms with Crippen LogP contribution in [0.1, 0.15) is 45.6 Å². The first kappa shape index (κ1) is 17.3. The van der Waals surface area contributed by atoms with Gasteiger partial charge < -0.3 is 14.8 Å². The smallest absolute Gasteiger partial charge is 0.408 e. The number of rotatable bonds is 6. The lowest BCUT2D eigenvalue weighted by Crippen LogP contribution is -2.44. The van der Waals surface area contributed by atoms with Crippen molar-refractivity contribution in [3.63, 3.8) is 0 Å². The van der Waals surface area contributed by atoms with E-state index in [1.807, 2.05) is 30.3 Å². The largest absolute Gasteiger partial charge is 0.459 e. The average molecular weight is 319 g/mol. The van der Waals surface area contributed by atoms with Gasteiger partial charge in [-0.05, 0) is 38.7 Å². The molecule has 1 atom stereocenters. The molecule has 1 N–H and O–H groups in total. The van der Waals surface area contributed by atoms with E-state index in [9.17, 15) is 9.59 Å². The number of esters is 1. The van der Waals surface area contributed by atoms with Crippen molar-refractivity contribution in [3.8, 4) is 0 Å². The lowest BCUT2D eigenvalue weighted by molar-refractivity contribution is -0.147. The summed E-state index contributed by atoms with van der Waals surface area (Å²) < 4.78 is 10.6. The van der Waals surface area contributed by atoms with Gasteiger partial charge in [0.2, 0.25) is 0 Å². The summed E-state index contributed by atoms with van der Waals surface area (Å²) in [6, 6.07) is 8.83. The predicted molar refractivity (Wildman–Crippen MR) is 86.7 cm³/mol. The second kappa shape index (κ2) is 7.49. The van der Waals surface area contributed by atoms with E-state index in [0.29, 0.717) is 12.3 Å². The molecule has 0 unspecified atom stereocenters. The summed E-state index contributed by atoms with van der Waals surface area (Å²) in [5.74, 6) is 0.0748. The molecule has 5 heteroatoms. The summed E-state index contributed by atoms with van der Waals surface area (Å²) >= 11 is 0. The van der Waals surface area contributed by atoms with E-state index in [1.54, 1.807) is 20.8 Å². The van der Waals surface area contributed by atoms with Crippen molar-refractivity contribution >= 4 is 12.1 Å². The normalized spacial score (nSPS) is 15.6. The van der Waals surface area contributed by atoms with Gasteiger partial charge in [0, 0.05) is 0 Å². The number of nitrogens with one attached hydrogen (secondary N) is 1. The fraction of sp³-hybridized carbons (Fsp3) is 0.556. The van der Waals surface area contributed by atoms with Crippen LogP contribution in [0, 0.1) is 5.92 Å². The SMILES string of the molecule is CC(C)(C)OC(=O)N[C@@H](CC1CC1)C(=O)OCc1ccccc1. The van der Waals surface area contributed by atoms with Crippen molar-refractivity contribution in [2.24, 2.45) is 5.92 Å². The summed E-state index contributed by atoms with van der Waals surface area (Å²) in [5.41, 5.74) is 0.325. The molecule has 1 aliphatic carbocycles. The minimum Gasteiger partial charge on any atom is -0.459 e. The zero-order valence-corrected chi connectivity index (χ0v) is 14.0. The van der Waals surface area contributed by atoms with Gasteiger partial charge in [0.05, 0.1) is 0 Å². The Balaban J connectivity index is 1.88. The molecule has 1 aromatic carbocycles. The molecule has 0 spiro atoms. The van der Waals surface area contributed by atoms with Gasteiger partial charge >= 0.3 is 12.1 Å².